The molecule has 0 amide bonds. The lowest BCUT2D eigenvalue weighted by atomic mass is 10.3. The van der Waals surface area contributed by atoms with Crippen LogP contribution in [-0.2, 0) is 0 Å². The van der Waals surface area contributed by atoms with E-state index in [9.17, 15) is 8.78 Å². The smallest absolute Gasteiger partial charge is 0.160 e. The van der Waals surface area contributed by atoms with Crippen molar-refractivity contribution < 1.29 is 8.78 Å². The summed E-state index contributed by atoms with van der Waals surface area (Å²) >= 11 is 0. The number of rotatable bonds is 3. The van der Waals surface area contributed by atoms with E-state index in [1.165, 1.54) is 6.07 Å². The molecule has 3 heteroatoms. The Morgan fingerprint density at radius 1 is 1.29 bits per heavy atom. The van der Waals surface area contributed by atoms with Gasteiger partial charge in [-0.1, -0.05) is 0 Å². The molecule has 0 unspecified atom stereocenters. The predicted molar refractivity (Wildman–Crippen MR) is 52.9 cm³/mol. The molecule has 0 heterocycles. The SMILES string of the molecule is CC#CCCNc1ccc(F)c(F)c1. The summed E-state index contributed by atoms with van der Waals surface area (Å²) in [5.74, 6) is 3.95. The summed E-state index contributed by atoms with van der Waals surface area (Å²) in [5, 5.41) is 2.94. The minimum Gasteiger partial charge on any atom is -0.384 e. The zero-order valence-corrected chi connectivity index (χ0v) is 7.90. The van der Waals surface area contributed by atoms with Crippen LogP contribution in [0.1, 0.15) is 13.3 Å². The Morgan fingerprint density at radius 2 is 2.07 bits per heavy atom. The highest BCUT2D eigenvalue weighted by Gasteiger charge is 2.00. The first kappa shape index (κ1) is 10.5. The number of nitrogens with one attached hydrogen (secondary N) is 1. The zero-order valence-electron chi connectivity index (χ0n) is 7.90. The molecule has 14 heavy (non-hydrogen) atoms. The minimum atomic E-state index is -0.837. The molecule has 1 N–H and O–H groups in total. The second-order valence-electron chi connectivity index (χ2n) is 2.73. The van der Waals surface area contributed by atoms with Crippen molar-refractivity contribution in [3.8, 4) is 11.8 Å². The molecule has 0 aromatic heterocycles. The van der Waals surface area contributed by atoms with Gasteiger partial charge in [0.05, 0.1) is 0 Å². The van der Waals surface area contributed by atoms with Gasteiger partial charge in [0.15, 0.2) is 11.6 Å². The molecule has 0 bridgehead atoms. The van der Waals surface area contributed by atoms with E-state index >= 15 is 0 Å². The molecule has 0 aliphatic heterocycles. The van der Waals surface area contributed by atoms with Crippen molar-refractivity contribution in [1.29, 1.82) is 0 Å². The van der Waals surface area contributed by atoms with Gasteiger partial charge in [-0.15, -0.1) is 11.8 Å². The molecule has 0 saturated carbocycles. The quantitative estimate of drug-likeness (QED) is 0.577. The largest absolute Gasteiger partial charge is 0.384 e. The number of anilines is 1. The Hall–Kier alpha value is -1.56. The topological polar surface area (TPSA) is 12.0 Å². The van der Waals surface area contributed by atoms with Gasteiger partial charge in [-0.05, 0) is 25.1 Å². The van der Waals surface area contributed by atoms with Gasteiger partial charge in [-0.3, -0.25) is 0 Å². The highest BCUT2D eigenvalue weighted by atomic mass is 19.2. The van der Waals surface area contributed by atoms with Gasteiger partial charge in [0.2, 0.25) is 0 Å². The minimum absolute atomic E-state index is 0.571. The standard InChI is InChI=1S/C11H11F2N/c1-2-3-4-7-14-9-5-6-10(12)11(13)8-9/h5-6,8,14H,4,7H2,1H3. The second kappa shape index (κ2) is 5.23. The fraction of sp³-hybridized carbons (Fsp3) is 0.273. The third-order valence-electron chi connectivity index (χ3n) is 1.68. The molecule has 1 aromatic rings. The summed E-state index contributed by atoms with van der Waals surface area (Å²) < 4.78 is 25.2. The average molecular weight is 195 g/mol. The molecule has 74 valence electrons. The third-order valence-corrected chi connectivity index (χ3v) is 1.68. The van der Waals surface area contributed by atoms with Crippen molar-refractivity contribution in [2.45, 2.75) is 13.3 Å². The Morgan fingerprint density at radius 3 is 2.71 bits per heavy atom. The Bertz CT molecular complexity index is 363. The third kappa shape index (κ3) is 3.06. The first-order valence-electron chi connectivity index (χ1n) is 4.32. The molecule has 0 saturated heterocycles. The lowest BCUT2D eigenvalue weighted by molar-refractivity contribution is 0.509. The summed E-state index contributed by atoms with van der Waals surface area (Å²) in [4.78, 5) is 0. The van der Waals surface area contributed by atoms with Crippen molar-refractivity contribution in [3.63, 3.8) is 0 Å². The fourth-order valence-electron chi connectivity index (χ4n) is 1.00. The van der Waals surface area contributed by atoms with E-state index in [0.717, 1.165) is 12.1 Å². The van der Waals surface area contributed by atoms with Crippen molar-refractivity contribution in [2.75, 3.05) is 11.9 Å². The van der Waals surface area contributed by atoms with Crippen LogP contribution in [0.15, 0.2) is 18.2 Å². The van der Waals surface area contributed by atoms with Crippen molar-refractivity contribution in [3.05, 3.63) is 29.8 Å². The van der Waals surface area contributed by atoms with Gasteiger partial charge < -0.3 is 5.32 Å². The summed E-state index contributed by atoms with van der Waals surface area (Å²) in [5.41, 5.74) is 0.571. The van der Waals surface area contributed by atoms with Crippen LogP contribution < -0.4 is 5.32 Å². The molecule has 0 spiro atoms. The molecule has 0 atom stereocenters. The molecular weight excluding hydrogens is 184 g/mol. The van der Waals surface area contributed by atoms with Gasteiger partial charge in [-0.25, -0.2) is 8.78 Å². The summed E-state index contributed by atoms with van der Waals surface area (Å²) in [6, 6.07) is 3.73. The van der Waals surface area contributed by atoms with E-state index in [1.807, 2.05) is 0 Å². The van der Waals surface area contributed by atoms with Crippen molar-refractivity contribution in [1.82, 2.24) is 0 Å². The normalized spacial score (nSPS) is 9.07. The fourth-order valence-corrected chi connectivity index (χ4v) is 1.00. The van der Waals surface area contributed by atoms with Crippen molar-refractivity contribution in [2.24, 2.45) is 0 Å². The summed E-state index contributed by atoms with van der Waals surface area (Å²) in [6.45, 7) is 2.39. The lowest BCUT2D eigenvalue weighted by Gasteiger charge is -2.03. The van der Waals surface area contributed by atoms with Gasteiger partial charge >= 0.3 is 0 Å². The maximum absolute atomic E-state index is 12.7. The molecule has 0 fully saturated rings. The van der Waals surface area contributed by atoms with E-state index in [2.05, 4.69) is 17.2 Å². The summed E-state index contributed by atoms with van der Waals surface area (Å²) in [7, 11) is 0. The van der Waals surface area contributed by atoms with Gasteiger partial charge in [0.25, 0.3) is 0 Å². The van der Waals surface area contributed by atoms with Crippen LogP contribution in [0.3, 0.4) is 0 Å². The lowest BCUT2D eigenvalue weighted by Crippen LogP contribution is -2.00. The van der Waals surface area contributed by atoms with Gasteiger partial charge in [0, 0.05) is 18.7 Å². The molecule has 0 radical (unpaired) electrons. The van der Waals surface area contributed by atoms with Crippen LogP contribution in [0, 0.1) is 23.5 Å². The number of benzene rings is 1. The van der Waals surface area contributed by atoms with Crippen LogP contribution in [0.2, 0.25) is 0 Å². The predicted octanol–water partition coefficient (Wildman–Crippen LogP) is 2.79. The van der Waals surface area contributed by atoms with Gasteiger partial charge in [-0.2, -0.15) is 0 Å². The molecule has 0 aliphatic carbocycles. The van der Waals surface area contributed by atoms with Crippen LogP contribution in [-0.4, -0.2) is 6.54 Å². The monoisotopic (exact) mass is 195 g/mol. The van der Waals surface area contributed by atoms with Crippen LogP contribution in [0.5, 0.6) is 0 Å². The Balaban J connectivity index is 2.50. The summed E-state index contributed by atoms with van der Waals surface area (Å²) in [6.07, 6.45) is 0.690. The molecule has 1 aromatic carbocycles. The van der Waals surface area contributed by atoms with Crippen LogP contribution >= 0.6 is 0 Å². The first-order chi connectivity index (χ1) is 6.74. The Kier molecular flexibility index (Phi) is 3.93. The maximum Gasteiger partial charge on any atom is 0.160 e. The first-order valence-corrected chi connectivity index (χ1v) is 4.32. The number of hydrogen-bond donors (Lipinski definition) is 1. The van der Waals surface area contributed by atoms with E-state index in [0.29, 0.717) is 18.7 Å². The van der Waals surface area contributed by atoms with Crippen molar-refractivity contribution >= 4 is 5.69 Å². The highest BCUT2D eigenvalue weighted by molar-refractivity contribution is 5.43. The zero-order chi connectivity index (χ0) is 10.4. The highest BCUT2D eigenvalue weighted by Crippen LogP contribution is 2.12. The van der Waals surface area contributed by atoms with E-state index in [4.69, 9.17) is 0 Å². The molecule has 1 rings (SSSR count). The second-order valence-corrected chi connectivity index (χ2v) is 2.73. The maximum atomic E-state index is 12.7. The number of hydrogen-bond acceptors (Lipinski definition) is 1. The van der Waals surface area contributed by atoms with Gasteiger partial charge in [0.1, 0.15) is 0 Å². The van der Waals surface area contributed by atoms with E-state index in [-0.39, 0.29) is 0 Å². The number of halogens is 2. The van der Waals surface area contributed by atoms with Crippen LogP contribution in [0.4, 0.5) is 14.5 Å². The molecule has 0 aliphatic rings. The molecule has 1 nitrogen and oxygen atoms in total. The molecular formula is C11H11F2N. The van der Waals surface area contributed by atoms with E-state index in [1.54, 1.807) is 6.92 Å². The van der Waals surface area contributed by atoms with Crippen LogP contribution in [0.25, 0.3) is 0 Å². The average Bonchev–Trinajstić information content (AvgIpc) is 2.18. The van der Waals surface area contributed by atoms with E-state index < -0.39 is 11.6 Å². The Labute approximate surface area is 82.1 Å².